The lowest BCUT2D eigenvalue weighted by molar-refractivity contribution is 0.102. The number of nitrogens with zero attached hydrogens (tertiary/aromatic N) is 2. The van der Waals surface area contributed by atoms with E-state index in [1.165, 1.54) is 11.8 Å². The molecule has 1 atom stereocenters. The molecule has 1 unspecified atom stereocenters. The number of carbonyl (C=O) groups is 2. The third-order valence-corrected chi connectivity index (χ3v) is 4.19. The van der Waals surface area contributed by atoms with E-state index in [0.717, 1.165) is 0 Å². The van der Waals surface area contributed by atoms with Gasteiger partial charge in [-0.1, -0.05) is 48.6 Å². The zero-order valence-corrected chi connectivity index (χ0v) is 14.0. The first-order chi connectivity index (χ1) is 10.2. The second-order valence-corrected chi connectivity index (χ2v) is 5.56. The van der Waals surface area contributed by atoms with Crippen molar-refractivity contribution in [2.45, 2.75) is 0 Å². The number of amides is 2. The Kier molecular flexibility index (Phi) is 5.63. The number of benzene rings is 1. The molecule has 0 saturated carbocycles. The third kappa shape index (κ3) is 3.69. The minimum Gasteiger partial charge on any atom is -0.293 e. The van der Waals surface area contributed by atoms with Crippen molar-refractivity contribution in [1.82, 2.24) is 0 Å². The average molecular weight is 377 g/mol. The number of carbonyl (C=O) groups excluding carboxylic acids is 2. The van der Waals surface area contributed by atoms with Crippen molar-refractivity contribution in [2.24, 2.45) is 15.9 Å². The number of halogens is 1. The van der Waals surface area contributed by atoms with E-state index in [9.17, 15) is 9.59 Å². The minimum atomic E-state index is -0.504. The summed E-state index contributed by atoms with van der Waals surface area (Å²) in [5, 5.41) is 0.634. The van der Waals surface area contributed by atoms with Crippen molar-refractivity contribution in [1.29, 1.82) is 0 Å². The summed E-state index contributed by atoms with van der Waals surface area (Å²) in [6.07, 6.45) is 7.47. The van der Waals surface area contributed by atoms with Crippen molar-refractivity contribution >= 4 is 51.3 Å². The molecule has 2 aliphatic rings. The van der Waals surface area contributed by atoms with Gasteiger partial charge in [0.15, 0.2) is 5.78 Å². The van der Waals surface area contributed by atoms with Crippen LogP contribution < -0.4 is 0 Å². The number of hydrogen-bond acceptors (Lipinski definition) is 3. The SMILES string of the molecule is Br.O=C1N=C2C=CC=CC2C(SCC(=O)c2ccccc2)=N1. The van der Waals surface area contributed by atoms with Crippen molar-refractivity contribution in [3.05, 3.63) is 60.2 Å². The van der Waals surface area contributed by atoms with E-state index in [2.05, 4.69) is 9.98 Å². The van der Waals surface area contributed by atoms with Gasteiger partial charge in [0.1, 0.15) is 0 Å². The number of hydrogen-bond donors (Lipinski definition) is 0. The molecule has 0 fully saturated rings. The highest BCUT2D eigenvalue weighted by Gasteiger charge is 2.26. The van der Waals surface area contributed by atoms with Gasteiger partial charge in [-0.2, -0.15) is 9.98 Å². The van der Waals surface area contributed by atoms with Gasteiger partial charge in [0.25, 0.3) is 0 Å². The van der Waals surface area contributed by atoms with Crippen LogP contribution in [0, 0.1) is 5.92 Å². The molecule has 4 nitrogen and oxygen atoms in total. The van der Waals surface area contributed by atoms with E-state index >= 15 is 0 Å². The zero-order chi connectivity index (χ0) is 14.7. The van der Waals surface area contributed by atoms with Crippen LogP contribution in [-0.2, 0) is 0 Å². The number of thioether (sulfide) groups is 1. The molecule has 0 aromatic heterocycles. The Hall–Kier alpha value is -1.79. The number of urea groups is 1. The quantitative estimate of drug-likeness (QED) is 0.751. The largest absolute Gasteiger partial charge is 0.368 e. The number of allylic oxidation sites excluding steroid dienone is 4. The number of fused-ring (bicyclic) bond motifs is 1. The fourth-order valence-corrected chi connectivity index (χ4v) is 3.08. The molecule has 1 aliphatic heterocycles. The van der Waals surface area contributed by atoms with E-state index < -0.39 is 6.03 Å². The molecule has 0 N–H and O–H groups in total. The summed E-state index contributed by atoms with van der Waals surface area (Å²) in [7, 11) is 0. The van der Waals surface area contributed by atoms with E-state index in [-0.39, 0.29) is 34.4 Å². The molecule has 0 radical (unpaired) electrons. The molecular weight excluding hydrogens is 364 g/mol. The van der Waals surface area contributed by atoms with Gasteiger partial charge in [0.2, 0.25) is 0 Å². The van der Waals surface area contributed by atoms with Gasteiger partial charge in [0, 0.05) is 5.56 Å². The van der Waals surface area contributed by atoms with Crippen LogP contribution >= 0.6 is 28.7 Å². The highest BCUT2D eigenvalue weighted by atomic mass is 79.9. The van der Waals surface area contributed by atoms with Crippen LogP contribution in [0.1, 0.15) is 10.4 Å². The van der Waals surface area contributed by atoms with E-state index in [0.29, 0.717) is 16.3 Å². The first-order valence-corrected chi connectivity index (χ1v) is 7.49. The van der Waals surface area contributed by atoms with Gasteiger partial charge in [-0.05, 0) is 6.08 Å². The Morgan fingerprint density at radius 3 is 2.68 bits per heavy atom. The number of Topliss-reactive ketones (excluding diaryl/α,β-unsaturated/α-hetero) is 1. The smallest absolute Gasteiger partial charge is 0.293 e. The van der Waals surface area contributed by atoms with Crippen LogP contribution in [0.3, 0.4) is 0 Å². The topological polar surface area (TPSA) is 58.9 Å². The Balaban J connectivity index is 0.00000176. The fraction of sp³-hybridized carbons (Fsp3) is 0.125. The molecule has 0 spiro atoms. The summed E-state index contributed by atoms with van der Waals surface area (Å²) in [5.41, 5.74) is 1.35. The maximum Gasteiger partial charge on any atom is 0.368 e. The molecule has 22 heavy (non-hydrogen) atoms. The predicted octanol–water partition coefficient (Wildman–Crippen LogP) is 3.90. The predicted molar refractivity (Wildman–Crippen MR) is 95.6 cm³/mol. The Labute approximate surface area is 142 Å². The van der Waals surface area contributed by atoms with Gasteiger partial charge in [-0.3, -0.25) is 4.79 Å². The van der Waals surface area contributed by atoms with Crippen LogP contribution in [0.25, 0.3) is 0 Å². The zero-order valence-electron chi connectivity index (χ0n) is 11.5. The molecule has 1 aromatic rings. The Morgan fingerprint density at radius 2 is 1.91 bits per heavy atom. The lowest BCUT2D eigenvalue weighted by atomic mass is 9.99. The number of aliphatic imine (C=N–C) groups is 2. The van der Waals surface area contributed by atoms with Crippen LogP contribution in [0.2, 0.25) is 0 Å². The standard InChI is InChI=1S/C16H12N2O2S.BrH/c19-14(11-6-2-1-3-7-11)10-21-15-12-8-4-5-9-13(12)17-16(20)18-15;/h1-9,12H,10H2;1H. The minimum absolute atomic E-state index is 0. The monoisotopic (exact) mass is 376 g/mol. The van der Waals surface area contributed by atoms with Crippen molar-refractivity contribution in [2.75, 3.05) is 5.75 Å². The molecule has 1 aliphatic carbocycles. The summed E-state index contributed by atoms with van der Waals surface area (Å²) in [5.74, 6) is 0.175. The molecule has 0 bridgehead atoms. The first-order valence-electron chi connectivity index (χ1n) is 6.51. The van der Waals surface area contributed by atoms with Gasteiger partial charge in [-0.25, -0.2) is 4.79 Å². The molecule has 2 amide bonds. The summed E-state index contributed by atoms with van der Waals surface area (Å²) >= 11 is 1.30. The molecule has 6 heteroatoms. The first kappa shape index (κ1) is 16.6. The van der Waals surface area contributed by atoms with Crippen LogP contribution in [0.5, 0.6) is 0 Å². The van der Waals surface area contributed by atoms with Crippen LogP contribution in [-0.4, -0.2) is 28.3 Å². The van der Waals surface area contributed by atoms with Crippen molar-refractivity contribution < 1.29 is 9.59 Å². The van der Waals surface area contributed by atoms with Gasteiger partial charge >= 0.3 is 6.03 Å². The molecule has 1 heterocycles. The number of ketones is 1. The Morgan fingerprint density at radius 1 is 1.14 bits per heavy atom. The highest BCUT2D eigenvalue weighted by Crippen LogP contribution is 2.24. The van der Waals surface area contributed by atoms with Crippen LogP contribution in [0.15, 0.2) is 64.6 Å². The van der Waals surface area contributed by atoms with Gasteiger partial charge in [-0.15, -0.1) is 28.7 Å². The van der Waals surface area contributed by atoms with E-state index in [4.69, 9.17) is 0 Å². The normalized spacial score (nSPS) is 18.9. The third-order valence-electron chi connectivity index (χ3n) is 3.14. The van der Waals surface area contributed by atoms with E-state index in [1.54, 1.807) is 18.2 Å². The lowest BCUT2D eigenvalue weighted by Crippen LogP contribution is -2.26. The maximum atomic E-state index is 12.1. The van der Waals surface area contributed by atoms with Gasteiger partial charge in [0.05, 0.1) is 22.4 Å². The average Bonchev–Trinajstić information content (AvgIpc) is 2.53. The second-order valence-electron chi connectivity index (χ2n) is 4.57. The molecule has 0 saturated heterocycles. The maximum absolute atomic E-state index is 12.1. The lowest BCUT2D eigenvalue weighted by Gasteiger charge is -2.19. The summed E-state index contributed by atoms with van der Waals surface area (Å²) < 4.78 is 0. The van der Waals surface area contributed by atoms with Crippen molar-refractivity contribution in [3.8, 4) is 0 Å². The summed E-state index contributed by atoms with van der Waals surface area (Å²) in [6, 6.07) is 8.60. The summed E-state index contributed by atoms with van der Waals surface area (Å²) in [4.78, 5) is 31.5. The number of rotatable bonds is 3. The highest BCUT2D eigenvalue weighted by molar-refractivity contribution is 8.93. The molecule has 3 rings (SSSR count). The summed E-state index contributed by atoms with van der Waals surface area (Å²) in [6.45, 7) is 0. The molecule has 112 valence electrons. The second kappa shape index (κ2) is 7.47. The van der Waals surface area contributed by atoms with Gasteiger partial charge < -0.3 is 0 Å². The Bertz CT molecular complexity index is 708. The van der Waals surface area contributed by atoms with Crippen molar-refractivity contribution in [3.63, 3.8) is 0 Å². The molecule has 1 aromatic carbocycles. The fourth-order valence-electron chi connectivity index (χ4n) is 2.12. The molecular formula is C16H13BrN2O2S. The van der Waals surface area contributed by atoms with E-state index in [1.807, 2.05) is 36.4 Å². The van der Waals surface area contributed by atoms with Crippen LogP contribution in [0.4, 0.5) is 4.79 Å².